The first-order chi connectivity index (χ1) is 12.8. The third-order valence-corrected chi connectivity index (χ3v) is 4.84. The third kappa shape index (κ3) is 3.12. The molecule has 0 saturated carbocycles. The number of hydrogen-bond donors (Lipinski definition) is 0. The van der Waals surface area contributed by atoms with Crippen molar-refractivity contribution < 1.29 is 4.42 Å². The topological polar surface area (TPSA) is 56.3 Å². The molecule has 0 radical (unpaired) electrons. The summed E-state index contributed by atoms with van der Waals surface area (Å²) in [6.07, 6.45) is 0. The van der Waals surface area contributed by atoms with Gasteiger partial charge in [-0.2, -0.15) is 10.2 Å². The van der Waals surface area contributed by atoms with Crippen LogP contribution in [0.15, 0.2) is 59.0 Å². The number of anilines is 2. The third-order valence-electron chi connectivity index (χ3n) is 4.51. The molecule has 1 fully saturated rings. The molecule has 0 bridgehead atoms. The van der Waals surface area contributed by atoms with Gasteiger partial charge in [-0.1, -0.05) is 41.9 Å². The average Bonchev–Trinajstić information content (AvgIpc) is 3.13. The van der Waals surface area contributed by atoms with Gasteiger partial charge in [0.25, 0.3) is 0 Å². The molecule has 0 unspecified atom stereocenters. The summed E-state index contributed by atoms with van der Waals surface area (Å²) in [5, 5.41) is 10.0. The van der Waals surface area contributed by atoms with Crippen molar-refractivity contribution in [1.29, 1.82) is 5.26 Å². The predicted molar refractivity (Wildman–Crippen MR) is 103 cm³/mol. The first-order valence-electron chi connectivity index (χ1n) is 8.47. The van der Waals surface area contributed by atoms with Crippen molar-refractivity contribution in [2.24, 2.45) is 0 Å². The molecule has 5 nitrogen and oxygen atoms in total. The Morgan fingerprint density at radius 1 is 0.923 bits per heavy atom. The Hall–Kier alpha value is -2.97. The lowest BCUT2D eigenvalue weighted by molar-refractivity contribution is 0.531. The second-order valence-corrected chi connectivity index (χ2v) is 6.48. The largest absolute Gasteiger partial charge is 0.419 e. The van der Waals surface area contributed by atoms with Gasteiger partial charge >= 0.3 is 0 Å². The van der Waals surface area contributed by atoms with Crippen LogP contribution < -0.4 is 9.80 Å². The highest BCUT2D eigenvalue weighted by atomic mass is 35.5. The van der Waals surface area contributed by atoms with Crippen LogP contribution in [0.3, 0.4) is 0 Å². The number of piperazine rings is 1. The van der Waals surface area contributed by atoms with Crippen molar-refractivity contribution in [1.82, 2.24) is 4.98 Å². The fourth-order valence-electron chi connectivity index (χ4n) is 3.16. The molecule has 1 aromatic heterocycles. The summed E-state index contributed by atoms with van der Waals surface area (Å²) < 4.78 is 5.94. The molecule has 6 heteroatoms. The summed E-state index contributed by atoms with van der Waals surface area (Å²) in [5.41, 5.74) is 2.20. The Balaban J connectivity index is 1.56. The minimum absolute atomic E-state index is 0.299. The SMILES string of the molecule is N#Cc1nc(-c2ccccc2Cl)oc1N1CCN(c2ccccc2)CC1. The van der Waals surface area contributed by atoms with Gasteiger partial charge in [0.2, 0.25) is 17.5 Å². The molecule has 4 rings (SSSR count). The van der Waals surface area contributed by atoms with Crippen LogP contribution in [-0.2, 0) is 0 Å². The van der Waals surface area contributed by atoms with Crippen molar-refractivity contribution in [3.8, 4) is 17.5 Å². The highest BCUT2D eigenvalue weighted by molar-refractivity contribution is 6.33. The molecule has 3 aromatic rings. The van der Waals surface area contributed by atoms with Crippen molar-refractivity contribution in [3.63, 3.8) is 0 Å². The van der Waals surface area contributed by atoms with Crippen LogP contribution >= 0.6 is 11.6 Å². The Bertz CT molecular complexity index is 940. The van der Waals surface area contributed by atoms with Gasteiger partial charge in [-0.25, -0.2) is 0 Å². The van der Waals surface area contributed by atoms with E-state index >= 15 is 0 Å². The smallest absolute Gasteiger partial charge is 0.235 e. The van der Waals surface area contributed by atoms with Gasteiger partial charge in [-0.3, -0.25) is 0 Å². The lowest BCUT2D eigenvalue weighted by Gasteiger charge is -2.35. The molecule has 1 aliphatic rings. The molecular weight excluding hydrogens is 348 g/mol. The van der Waals surface area contributed by atoms with Gasteiger partial charge < -0.3 is 14.2 Å². The Kier molecular flexibility index (Phi) is 4.51. The minimum atomic E-state index is 0.299. The van der Waals surface area contributed by atoms with Gasteiger partial charge in [-0.05, 0) is 24.3 Å². The van der Waals surface area contributed by atoms with Gasteiger partial charge in [0.1, 0.15) is 6.07 Å². The van der Waals surface area contributed by atoms with Crippen molar-refractivity contribution in [3.05, 3.63) is 65.3 Å². The molecule has 0 N–H and O–H groups in total. The lowest BCUT2D eigenvalue weighted by Crippen LogP contribution is -2.46. The van der Waals surface area contributed by atoms with Crippen LogP contribution in [-0.4, -0.2) is 31.2 Å². The summed E-state index contributed by atoms with van der Waals surface area (Å²) >= 11 is 6.23. The Morgan fingerprint density at radius 2 is 1.58 bits per heavy atom. The van der Waals surface area contributed by atoms with Crippen molar-refractivity contribution >= 4 is 23.2 Å². The maximum atomic E-state index is 9.47. The first kappa shape index (κ1) is 16.5. The Labute approximate surface area is 157 Å². The van der Waals surface area contributed by atoms with Gasteiger partial charge in [0.05, 0.1) is 10.6 Å². The number of para-hydroxylation sites is 1. The van der Waals surface area contributed by atoms with E-state index in [0.717, 1.165) is 26.2 Å². The molecular formula is C20H17ClN4O. The molecule has 130 valence electrons. The van der Waals surface area contributed by atoms with E-state index in [0.29, 0.717) is 28.1 Å². The fraction of sp³-hybridized carbons (Fsp3) is 0.200. The highest BCUT2D eigenvalue weighted by Gasteiger charge is 2.25. The van der Waals surface area contributed by atoms with Crippen molar-refractivity contribution in [2.75, 3.05) is 36.0 Å². The van der Waals surface area contributed by atoms with Crippen LogP contribution in [0.1, 0.15) is 5.69 Å². The van der Waals surface area contributed by atoms with Crippen LogP contribution in [0.4, 0.5) is 11.6 Å². The highest BCUT2D eigenvalue weighted by Crippen LogP contribution is 2.32. The van der Waals surface area contributed by atoms with Crippen LogP contribution in [0, 0.1) is 11.3 Å². The standard InChI is InChI=1S/C20H17ClN4O/c21-17-9-5-4-8-16(17)19-23-18(14-22)20(26-19)25-12-10-24(11-13-25)15-6-2-1-3-7-15/h1-9H,10-13H2. The number of nitrogens with zero attached hydrogens (tertiary/aromatic N) is 4. The van der Waals surface area contributed by atoms with E-state index in [1.165, 1.54) is 5.69 Å². The molecule has 0 amide bonds. The first-order valence-corrected chi connectivity index (χ1v) is 8.85. The van der Waals surface area contributed by atoms with E-state index in [2.05, 4.69) is 33.0 Å². The fourth-order valence-corrected chi connectivity index (χ4v) is 3.37. The van der Waals surface area contributed by atoms with E-state index < -0.39 is 0 Å². The number of hydrogen-bond acceptors (Lipinski definition) is 5. The number of halogens is 1. The normalized spacial score (nSPS) is 14.3. The van der Waals surface area contributed by atoms with Gasteiger partial charge in [-0.15, -0.1) is 0 Å². The Morgan fingerprint density at radius 3 is 2.27 bits per heavy atom. The predicted octanol–water partition coefficient (Wildman–Crippen LogP) is 4.19. The summed E-state index contributed by atoms with van der Waals surface area (Å²) in [5.74, 6) is 0.905. The van der Waals surface area contributed by atoms with Crippen molar-refractivity contribution in [2.45, 2.75) is 0 Å². The summed E-state index contributed by atoms with van der Waals surface area (Å²) in [7, 11) is 0. The zero-order chi connectivity index (χ0) is 17.9. The maximum absolute atomic E-state index is 9.47. The molecule has 0 atom stereocenters. The van der Waals surface area contributed by atoms with Gasteiger partial charge in [0, 0.05) is 31.9 Å². The molecule has 0 spiro atoms. The number of nitriles is 1. The van der Waals surface area contributed by atoms with Crippen LogP contribution in [0.25, 0.3) is 11.5 Å². The quantitative estimate of drug-likeness (QED) is 0.697. The average molecular weight is 365 g/mol. The van der Waals surface area contributed by atoms with E-state index in [4.69, 9.17) is 16.0 Å². The summed E-state index contributed by atoms with van der Waals surface area (Å²) in [4.78, 5) is 8.75. The zero-order valence-electron chi connectivity index (χ0n) is 14.1. The summed E-state index contributed by atoms with van der Waals surface area (Å²) in [6, 6.07) is 19.8. The second kappa shape index (κ2) is 7.11. The van der Waals surface area contributed by atoms with E-state index in [9.17, 15) is 5.26 Å². The number of benzene rings is 2. The molecule has 26 heavy (non-hydrogen) atoms. The van der Waals surface area contributed by atoms with E-state index in [1.807, 2.05) is 36.4 Å². The lowest BCUT2D eigenvalue weighted by atomic mass is 10.2. The summed E-state index contributed by atoms with van der Waals surface area (Å²) in [6.45, 7) is 3.25. The number of oxazole rings is 1. The van der Waals surface area contributed by atoms with Crippen LogP contribution in [0.2, 0.25) is 5.02 Å². The molecule has 1 aliphatic heterocycles. The molecule has 1 saturated heterocycles. The van der Waals surface area contributed by atoms with Gasteiger partial charge in [0.15, 0.2) is 0 Å². The minimum Gasteiger partial charge on any atom is -0.419 e. The maximum Gasteiger partial charge on any atom is 0.235 e. The molecule has 0 aliphatic carbocycles. The zero-order valence-corrected chi connectivity index (χ0v) is 14.9. The van der Waals surface area contributed by atoms with E-state index in [-0.39, 0.29) is 0 Å². The second-order valence-electron chi connectivity index (χ2n) is 6.07. The van der Waals surface area contributed by atoms with E-state index in [1.54, 1.807) is 6.07 Å². The molecule has 2 heterocycles. The van der Waals surface area contributed by atoms with Crippen LogP contribution in [0.5, 0.6) is 0 Å². The monoisotopic (exact) mass is 364 g/mol. The molecule has 2 aromatic carbocycles. The number of rotatable bonds is 3. The number of aromatic nitrogens is 1.